The van der Waals surface area contributed by atoms with E-state index in [1.165, 1.54) is 5.56 Å². The van der Waals surface area contributed by atoms with Crippen LogP contribution in [0.15, 0.2) is 53.9 Å². The number of aromatic nitrogens is 1. The van der Waals surface area contributed by atoms with E-state index in [1.807, 2.05) is 48.7 Å². The lowest BCUT2D eigenvalue weighted by Gasteiger charge is -2.37. The first-order valence-corrected chi connectivity index (χ1v) is 9.25. The molecule has 0 radical (unpaired) electrons. The highest BCUT2D eigenvalue weighted by atomic mass is 32.1. The minimum absolute atomic E-state index is 0.00532. The molecule has 1 atom stereocenters. The van der Waals surface area contributed by atoms with Crippen molar-refractivity contribution < 1.29 is 4.79 Å². The molecule has 1 aliphatic rings. The number of rotatable bonds is 3. The van der Waals surface area contributed by atoms with Gasteiger partial charge in [-0.2, -0.15) is 0 Å². The number of para-hydroxylation sites is 1. The normalized spacial score (nSPS) is 16.5. The Morgan fingerprint density at radius 2 is 1.92 bits per heavy atom. The van der Waals surface area contributed by atoms with Gasteiger partial charge in [-0.3, -0.25) is 9.69 Å². The Labute approximate surface area is 151 Å². The van der Waals surface area contributed by atoms with E-state index in [9.17, 15) is 4.79 Å². The lowest BCUT2D eigenvalue weighted by molar-refractivity contribution is 0.0974. The Bertz CT molecular complexity index is 917. The highest BCUT2D eigenvalue weighted by Crippen LogP contribution is 2.36. The summed E-state index contributed by atoms with van der Waals surface area (Å²) in [5.74, 6) is -0.00532. The number of thiazole rings is 1. The fourth-order valence-electron chi connectivity index (χ4n) is 3.12. The number of nitrogens with one attached hydrogen (secondary N) is 1. The van der Waals surface area contributed by atoms with Crippen LogP contribution in [0, 0.1) is 6.92 Å². The summed E-state index contributed by atoms with van der Waals surface area (Å²) in [6, 6.07) is 15.8. The Balaban J connectivity index is 1.82. The number of anilines is 2. The molecule has 0 unspecified atom stereocenters. The molecule has 2 heterocycles. The van der Waals surface area contributed by atoms with Gasteiger partial charge in [-0.1, -0.05) is 31.2 Å². The van der Waals surface area contributed by atoms with Crippen molar-refractivity contribution in [2.24, 2.45) is 0 Å². The Morgan fingerprint density at radius 3 is 2.60 bits per heavy atom. The fourth-order valence-corrected chi connectivity index (χ4v) is 3.76. The van der Waals surface area contributed by atoms with Crippen LogP contribution in [0.2, 0.25) is 0 Å². The van der Waals surface area contributed by atoms with Crippen molar-refractivity contribution in [3.63, 3.8) is 0 Å². The molecule has 25 heavy (non-hydrogen) atoms. The summed E-state index contributed by atoms with van der Waals surface area (Å²) < 4.78 is 0. The predicted octanol–water partition coefficient (Wildman–Crippen LogP) is 4.79. The highest BCUT2D eigenvalue weighted by Gasteiger charge is 2.35. The number of fused-ring (bicyclic) bond motifs is 1. The van der Waals surface area contributed by atoms with Gasteiger partial charge in [0.05, 0.1) is 16.3 Å². The van der Waals surface area contributed by atoms with Crippen molar-refractivity contribution >= 4 is 28.6 Å². The summed E-state index contributed by atoms with van der Waals surface area (Å²) in [4.78, 5) is 19.6. The van der Waals surface area contributed by atoms with Gasteiger partial charge in [0.15, 0.2) is 6.17 Å². The number of hydrogen-bond donors (Lipinski definition) is 1. The van der Waals surface area contributed by atoms with E-state index in [0.29, 0.717) is 5.56 Å². The van der Waals surface area contributed by atoms with E-state index < -0.39 is 0 Å². The molecule has 5 heteroatoms. The van der Waals surface area contributed by atoms with Gasteiger partial charge in [0.2, 0.25) is 0 Å². The summed E-state index contributed by atoms with van der Waals surface area (Å²) in [6.45, 7) is 4.10. The van der Waals surface area contributed by atoms with Gasteiger partial charge in [-0.15, -0.1) is 11.3 Å². The minimum Gasteiger partial charge on any atom is -0.359 e. The van der Waals surface area contributed by atoms with Gasteiger partial charge in [-0.05, 0) is 43.2 Å². The standard InChI is InChI=1S/C20H19N3OS/c1-3-14-8-10-15(11-9-14)23-19(18-12-25-13(2)21-18)22-17-7-5-4-6-16(17)20(23)24/h4-12,19,22H,3H2,1-2H3/t19-/m0/s1. The lowest BCUT2D eigenvalue weighted by atomic mass is 10.0. The van der Waals surface area contributed by atoms with E-state index in [-0.39, 0.29) is 12.1 Å². The van der Waals surface area contributed by atoms with Crippen LogP contribution in [0.25, 0.3) is 0 Å². The number of aryl methyl sites for hydroxylation is 2. The zero-order chi connectivity index (χ0) is 17.4. The minimum atomic E-state index is -0.306. The van der Waals surface area contributed by atoms with E-state index in [2.05, 4.69) is 29.4 Å². The van der Waals surface area contributed by atoms with Crippen LogP contribution < -0.4 is 10.2 Å². The van der Waals surface area contributed by atoms with Crippen LogP contribution >= 0.6 is 11.3 Å². The first-order chi connectivity index (χ1) is 12.2. The van der Waals surface area contributed by atoms with E-state index in [4.69, 9.17) is 0 Å². The average Bonchev–Trinajstić information content (AvgIpc) is 3.08. The number of nitrogens with zero attached hydrogens (tertiary/aromatic N) is 2. The Morgan fingerprint density at radius 1 is 1.16 bits per heavy atom. The first kappa shape index (κ1) is 15.8. The Hall–Kier alpha value is -2.66. The smallest absolute Gasteiger partial charge is 0.262 e. The molecule has 0 fully saturated rings. The van der Waals surface area contributed by atoms with Crippen LogP contribution in [-0.2, 0) is 6.42 Å². The summed E-state index contributed by atoms with van der Waals surface area (Å²) in [6.07, 6.45) is 0.670. The largest absolute Gasteiger partial charge is 0.359 e. The highest BCUT2D eigenvalue weighted by molar-refractivity contribution is 7.09. The van der Waals surface area contributed by atoms with E-state index >= 15 is 0 Å². The zero-order valence-corrected chi connectivity index (χ0v) is 15.0. The van der Waals surface area contributed by atoms with Gasteiger partial charge in [-0.25, -0.2) is 4.98 Å². The van der Waals surface area contributed by atoms with Crippen molar-refractivity contribution in [1.82, 2.24) is 4.98 Å². The zero-order valence-electron chi connectivity index (χ0n) is 14.2. The number of amides is 1. The molecule has 0 saturated heterocycles. The fraction of sp³-hybridized carbons (Fsp3) is 0.200. The van der Waals surface area contributed by atoms with Crippen molar-refractivity contribution in [1.29, 1.82) is 0 Å². The quantitative estimate of drug-likeness (QED) is 0.740. The third-order valence-electron chi connectivity index (χ3n) is 4.47. The summed E-state index contributed by atoms with van der Waals surface area (Å²) in [5.41, 5.74) is 4.53. The van der Waals surface area contributed by atoms with Crippen LogP contribution in [0.1, 0.15) is 39.7 Å². The molecule has 4 nitrogen and oxygen atoms in total. The SMILES string of the molecule is CCc1ccc(N2C(=O)c3ccccc3N[C@@H]2c2csc(C)n2)cc1. The van der Waals surface area contributed by atoms with Crippen LogP contribution in [-0.4, -0.2) is 10.9 Å². The van der Waals surface area contributed by atoms with Gasteiger partial charge < -0.3 is 5.32 Å². The molecule has 2 aromatic carbocycles. The number of carbonyl (C=O) groups excluding carboxylic acids is 1. The summed E-state index contributed by atoms with van der Waals surface area (Å²) >= 11 is 1.59. The van der Waals surface area contributed by atoms with E-state index in [0.717, 1.165) is 28.5 Å². The van der Waals surface area contributed by atoms with Crippen molar-refractivity contribution in [3.05, 3.63) is 75.7 Å². The molecule has 1 aliphatic heterocycles. The second kappa shape index (κ2) is 6.33. The maximum absolute atomic E-state index is 13.2. The third-order valence-corrected chi connectivity index (χ3v) is 5.26. The van der Waals surface area contributed by atoms with Crippen molar-refractivity contribution in [2.75, 3.05) is 10.2 Å². The molecule has 1 aromatic heterocycles. The van der Waals surface area contributed by atoms with Crippen molar-refractivity contribution in [3.8, 4) is 0 Å². The second-order valence-corrected chi connectivity index (χ2v) is 7.14. The maximum atomic E-state index is 13.2. The summed E-state index contributed by atoms with van der Waals surface area (Å²) in [5, 5.41) is 6.49. The molecule has 3 aromatic rings. The molecule has 4 rings (SSSR count). The van der Waals surface area contributed by atoms with Crippen LogP contribution in [0.4, 0.5) is 11.4 Å². The predicted molar refractivity (Wildman–Crippen MR) is 102 cm³/mol. The summed E-state index contributed by atoms with van der Waals surface area (Å²) in [7, 11) is 0. The van der Waals surface area contributed by atoms with Crippen LogP contribution in [0.3, 0.4) is 0 Å². The van der Waals surface area contributed by atoms with E-state index in [1.54, 1.807) is 16.2 Å². The van der Waals surface area contributed by atoms with Gasteiger partial charge >= 0.3 is 0 Å². The number of benzene rings is 2. The van der Waals surface area contributed by atoms with Gasteiger partial charge in [0.25, 0.3) is 5.91 Å². The lowest BCUT2D eigenvalue weighted by Crippen LogP contribution is -2.43. The van der Waals surface area contributed by atoms with Crippen molar-refractivity contribution in [2.45, 2.75) is 26.4 Å². The maximum Gasteiger partial charge on any atom is 0.262 e. The molecule has 0 spiro atoms. The molecular formula is C20H19N3OS. The number of hydrogen-bond acceptors (Lipinski definition) is 4. The van der Waals surface area contributed by atoms with Crippen LogP contribution in [0.5, 0.6) is 0 Å². The average molecular weight is 349 g/mol. The molecule has 1 N–H and O–H groups in total. The van der Waals surface area contributed by atoms with Gasteiger partial charge in [0.1, 0.15) is 0 Å². The number of carbonyl (C=O) groups is 1. The molecule has 1 amide bonds. The Kier molecular flexibility index (Phi) is 4.01. The first-order valence-electron chi connectivity index (χ1n) is 8.37. The third kappa shape index (κ3) is 2.81. The second-order valence-electron chi connectivity index (χ2n) is 6.08. The van der Waals surface area contributed by atoms with Gasteiger partial charge in [0, 0.05) is 16.8 Å². The molecular weight excluding hydrogens is 330 g/mol. The topological polar surface area (TPSA) is 45.2 Å². The monoisotopic (exact) mass is 349 g/mol. The molecule has 126 valence electrons. The molecule has 0 saturated carbocycles. The molecule has 0 bridgehead atoms. The molecule has 0 aliphatic carbocycles.